The molecule has 1 unspecified atom stereocenters. The second-order valence-electron chi connectivity index (χ2n) is 6.61. The number of nitrogens with zero attached hydrogens (tertiary/aromatic N) is 1. The van der Waals surface area contributed by atoms with Crippen LogP contribution >= 0.6 is 11.6 Å². The summed E-state index contributed by atoms with van der Waals surface area (Å²) >= 11 is 6.11. The van der Waals surface area contributed by atoms with E-state index < -0.39 is 35.4 Å². The highest BCUT2D eigenvalue weighted by Crippen LogP contribution is 2.45. The lowest BCUT2D eigenvalue weighted by Crippen LogP contribution is -2.38. The Hall–Kier alpha value is -2.87. The van der Waals surface area contributed by atoms with E-state index in [2.05, 4.69) is 0 Å². The van der Waals surface area contributed by atoms with Crippen molar-refractivity contribution in [2.24, 2.45) is 0 Å². The minimum absolute atomic E-state index is 0.0161. The van der Waals surface area contributed by atoms with Gasteiger partial charge < -0.3 is 4.74 Å². The quantitative estimate of drug-likeness (QED) is 0.511. The van der Waals surface area contributed by atoms with Gasteiger partial charge >= 0.3 is 12.1 Å². The first-order chi connectivity index (χ1) is 13.7. The Morgan fingerprint density at radius 2 is 1.83 bits per heavy atom. The molecular weight excluding hydrogens is 414 g/mol. The van der Waals surface area contributed by atoms with Crippen molar-refractivity contribution in [3.8, 4) is 0 Å². The number of amides is 1. The molecule has 0 aliphatic carbocycles. The van der Waals surface area contributed by atoms with Gasteiger partial charge in [0.1, 0.15) is 12.4 Å². The maximum absolute atomic E-state index is 14.4. The van der Waals surface area contributed by atoms with Gasteiger partial charge in [-0.25, -0.2) is 9.18 Å². The van der Waals surface area contributed by atoms with Crippen molar-refractivity contribution >= 4 is 29.2 Å². The van der Waals surface area contributed by atoms with Crippen LogP contribution in [0, 0.1) is 5.82 Å². The Bertz CT molecular complexity index is 1040. The molecule has 1 atom stereocenters. The predicted octanol–water partition coefficient (Wildman–Crippen LogP) is 4.83. The van der Waals surface area contributed by atoms with Crippen molar-refractivity contribution in [3.05, 3.63) is 75.7 Å². The van der Waals surface area contributed by atoms with Crippen molar-refractivity contribution < 1.29 is 31.9 Å². The summed E-state index contributed by atoms with van der Waals surface area (Å²) < 4.78 is 58.7. The maximum Gasteiger partial charge on any atom is 0.416 e. The molecule has 0 bridgehead atoms. The number of ether oxygens (including phenoxy) is 1. The van der Waals surface area contributed by atoms with E-state index >= 15 is 0 Å². The van der Waals surface area contributed by atoms with Gasteiger partial charge in [-0.05, 0) is 30.3 Å². The molecule has 0 saturated heterocycles. The van der Waals surface area contributed by atoms with Gasteiger partial charge in [0, 0.05) is 28.6 Å². The van der Waals surface area contributed by atoms with Crippen LogP contribution in [0.15, 0.2) is 53.7 Å². The minimum atomic E-state index is -4.60. The lowest BCUT2D eigenvalue weighted by Gasteiger charge is -2.32. The van der Waals surface area contributed by atoms with Crippen LogP contribution in [0.3, 0.4) is 0 Å². The monoisotopic (exact) mass is 425 g/mol. The van der Waals surface area contributed by atoms with Gasteiger partial charge in [-0.2, -0.15) is 13.2 Å². The third kappa shape index (κ3) is 3.27. The molecule has 0 N–H and O–H groups in total. The Morgan fingerprint density at radius 1 is 1.10 bits per heavy atom. The molecule has 29 heavy (non-hydrogen) atoms. The molecule has 4 nitrogen and oxygen atoms in total. The van der Waals surface area contributed by atoms with Gasteiger partial charge in [-0.3, -0.25) is 9.69 Å². The van der Waals surface area contributed by atoms with Crippen LogP contribution in [0.4, 0.5) is 23.2 Å². The Kier molecular flexibility index (Phi) is 4.61. The molecule has 0 fully saturated rings. The first kappa shape index (κ1) is 19.4. The van der Waals surface area contributed by atoms with Gasteiger partial charge in [0.25, 0.3) is 0 Å². The van der Waals surface area contributed by atoms with Crippen molar-refractivity contribution in [3.63, 3.8) is 0 Å². The fraction of sp³-hybridized carbons (Fsp3) is 0.200. The third-order valence-electron chi connectivity index (χ3n) is 4.90. The van der Waals surface area contributed by atoms with Crippen molar-refractivity contribution in [2.45, 2.75) is 18.5 Å². The van der Waals surface area contributed by atoms with Crippen molar-refractivity contribution in [1.82, 2.24) is 0 Å². The number of carbonyl (C=O) groups excluding carboxylic acids is 2. The molecule has 2 heterocycles. The van der Waals surface area contributed by atoms with E-state index in [1.165, 1.54) is 24.3 Å². The summed E-state index contributed by atoms with van der Waals surface area (Å²) in [7, 11) is 0. The van der Waals surface area contributed by atoms with E-state index in [0.29, 0.717) is 0 Å². The first-order valence-electron chi connectivity index (χ1n) is 8.52. The van der Waals surface area contributed by atoms with E-state index in [0.717, 1.165) is 23.1 Å². The largest absolute Gasteiger partial charge is 0.456 e. The van der Waals surface area contributed by atoms with Crippen LogP contribution in [0.2, 0.25) is 5.02 Å². The number of carbonyl (C=O) groups is 2. The SMILES string of the molecule is O=C1OCC2=C1C(c1c(F)cccc1Cl)CC(=O)N2c1cccc(C(F)(F)F)c1. The number of halogens is 5. The Balaban J connectivity index is 1.86. The molecule has 2 aliphatic heterocycles. The number of anilines is 1. The summed E-state index contributed by atoms with van der Waals surface area (Å²) in [5, 5.41) is 0.0434. The van der Waals surface area contributed by atoms with Crippen LogP contribution in [0.1, 0.15) is 23.5 Å². The number of alkyl halides is 3. The predicted molar refractivity (Wildman–Crippen MR) is 95.7 cm³/mol. The fourth-order valence-electron chi connectivity index (χ4n) is 3.67. The zero-order valence-corrected chi connectivity index (χ0v) is 15.4. The standard InChI is InChI=1S/C20H12ClF4NO3/c21-13-5-2-6-14(22)17(13)12-8-16(27)26(15-9-29-19(28)18(12)15)11-4-1-3-10(7-11)20(23,24)25/h1-7,12H,8-9H2. The number of hydrogen-bond donors (Lipinski definition) is 0. The second kappa shape index (κ2) is 6.88. The van der Waals surface area contributed by atoms with Gasteiger partial charge in [0.15, 0.2) is 0 Å². The highest BCUT2D eigenvalue weighted by atomic mass is 35.5. The van der Waals surface area contributed by atoms with Gasteiger partial charge in [-0.15, -0.1) is 0 Å². The molecule has 0 aromatic heterocycles. The van der Waals surface area contributed by atoms with E-state index in [1.54, 1.807) is 0 Å². The number of cyclic esters (lactones) is 1. The first-order valence-corrected chi connectivity index (χ1v) is 8.90. The molecular formula is C20H12ClF4NO3. The molecule has 0 spiro atoms. The topological polar surface area (TPSA) is 46.6 Å². The molecule has 150 valence electrons. The third-order valence-corrected chi connectivity index (χ3v) is 5.23. The van der Waals surface area contributed by atoms with Gasteiger partial charge in [-0.1, -0.05) is 23.7 Å². The lowest BCUT2D eigenvalue weighted by atomic mass is 9.83. The summed E-state index contributed by atoms with van der Waals surface area (Å²) in [5.41, 5.74) is -0.885. The average molecular weight is 426 g/mol. The second-order valence-corrected chi connectivity index (χ2v) is 7.01. The smallest absolute Gasteiger partial charge is 0.416 e. The van der Waals surface area contributed by atoms with Gasteiger partial charge in [0.2, 0.25) is 5.91 Å². The van der Waals surface area contributed by atoms with E-state index in [-0.39, 0.29) is 40.6 Å². The molecule has 2 aliphatic rings. The molecule has 9 heteroatoms. The van der Waals surface area contributed by atoms with Crippen LogP contribution in [-0.2, 0) is 20.5 Å². The van der Waals surface area contributed by atoms with Gasteiger partial charge in [0.05, 0.1) is 16.8 Å². The van der Waals surface area contributed by atoms with Crippen LogP contribution < -0.4 is 4.90 Å². The molecule has 0 radical (unpaired) electrons. The fourth-order valence-corrected chi connectivity index (χ4v) is 3.96. The zero-order valence-electron chi connectivity index (χ0n) is 14.6. The van der Waals surface area contributed by atoms with Crippen LogP contribution in [-0.4, -0.2) is 18.5 Å². The molecule has 2 aromatic rings. The highest BCUT2D eigenvalue weighted by Gasteiger charge is 2.44. The summed E-state index contributed by atoms with van der Waals surface area (Å²) in [5.74, 6) is -3.02. The summed E-state index contributed by atoms with van der Waals surface area (Å²) in [6.45, 7) is -0.307. The highest BCUT2D eigenvalue weighted by molar-refractivity contribution is 6.31. The lowest BCUT2D eigenvalue weighted by molar-refractivity contribution is -0.138. The summed E-state index contributed by atoms with van der Waals surface area (Å²) in [6, 6.07) is 8.19. The number of benzene rings is 2. The van der Waals surface area contributed by atoms with Crippen molar-refractivity contribution in [2.75, 3.05) is 11.5 Å². The maximum atomic E-state index is 14.4. The summed E-state index contributed by atoms with van der Waals surface area (Å²) in [4.78, 5) is 26.3. The Morgan fingerprint density at radius 3 is 2.52 bits per heavy atom. The molecule has 2 aromatic carbocycles. The van der Waals surface area contributed by atoms with Crippen LogP contribution in [0.5, 0.6) is 0 Å². The Labute approximate surface area is 167 Å². The van der Waals surface area contributed by atoms with E-state index in [1.807, 2.05) is 0 Å². The van der Waals surface area contributed by atoms with Crippen molar-refractivity contribution in [1.29, 1.82) is 0 Å². The summed E-state index contributed by atoms with van der Waals surface area (Å²) in [6.07, 6.45) is -4.94. The zero-order chi connectivity index (χ0) is 20.9. The van der Waals surface area contributed by atoms with Crippen LogP contribution in [0.25, 0.3) is 0 Å². The molecule has 1 amide bonds. The number of esters is 1. The molecule has 4 rings (SSSR count). The number of rotatable bonds is 2. The normalized spacial score (nSPS) is 19.5. The molecule has 0 saturated carbocycles. The average Bonchev–Trinajstić information content (AvgIpc) is 3.02. The minimum Gasteiger partial charge on any atom is -0.456 e. The van der Waals surface area contributed by atoms with E-state index in [4.69, 9.17) is 16.3 Å². The van der Waals surface area contributed by atoms with E-state index in [9.17, 15) is 27.2 Å². The number of hydrogen-bond acceptors (Lipinski definition) is 3.